The third-order valence-electron chi connectivity index (χ3n) is 1.17. The van der Waals surface area contributed by atoms with Gasteiger partial charge in [0.15, 0.2) is 0 Å². The van der Waals surface area contributed by atoms with Gasteiger partial charge in [-0.05, 0) is 18.2 Å². The second-order valence-corrected chi connectivity index (χ2v) is 3.28. The second-order valence-electron chi connectivity index (χ2n) is 2.06. The Morgan fingerprint density at radius 3 is 2.50 bits per heavy atom. The van der Waals surface area contributed by atoms with E-state index in [9.17, 15) is 4.79 Å². The molecule has 5 heteroatoms. The molecule has 0 aliphatic heterocycles. The molecule has 0 saturated heterocycles. The summed E-state index contributed by atoms with van der Waals surface area (Å²) in [4.78, 5) is 10.5. The van der Waals surface area contributed by atoms with E-state index in [2.05, 4.69) is 17.9 Å². The van der Waals surface area contributed by atoms with Crippen molar-refractivity contribution < 1.29 is 4.79 Å². The van der Waals surface area contributed by atoms with Gasteiger partial charge in [-0.1, -0.05) is 35.8 Å². The fourth-order valence-corrected chi connectivity index (χ4v) is 1.12. The largest absolute Gasteiger partial charge is 0.317 e. The summed E-state index contributed by atoms with van der Waals surface area (Å²) in [6, 6.07) is 4.79. The molecule has 1 N–H and O–H groups in total. The second kappa shape index (κ2) is 4.03. The number of rotatable bonds is 1. The summed E-state index contributed by atoms with van der Waals surface area (Å²) in [6.45, 7) is 0. The zero-order valence-corrected chi connectivity index (χ0v) is 8.25. The predicted octanol–water partition coefficient (Wildman–Crippen LogP) is 3.46. The Hall–Kier alpha value is -0.380. The minimum atomic E-state index is -0.437. The Morgan fingerprint density at radius 2 is 2.00 bits per heavy atom. The average Bonchev–Trinajstić information content (AvgIpc) is 1.96. The molecule has 0 bridgehead atoms. The van der Waals surface area contributed by atoms with Crippen LogP contribution < -0.4 is 5.32 Å². The van der Waals surface area contributed by atoms with E-state index in [0.717, 1.165) is 0 Å². The first-order chi connectivity index (χ1) is 5.59. The van der Waals surface area contributed by atoms with Crippen LogP contribution >= 0.6 is 35.8 Å². The highest BCUT2D eigenvalue weighted by Gasteiger charge is 2.00. The van der Waals surface area contributed by atoms with Crippen molar-refractivity contribution in [1.82, 2.24) is 0 Å². The number of hydrogen-bond donors (Lipinski definition) is 2. The van der Waals surface area contributed by atoms with E-state index in [1.165, 1.54) is 0 Å². The molecule has 0 fully saturated rings. The fourth-order valence-electron chi connectivity index (χ4n) is 0.697. The molecule has 0 heterocycles. The van der Waals surface area contributed by atoms with Gasteiger partial charge in [-0.3, -0.25) is 4.79 Å². The summed E-state index contributed by atoms with van der Waals surface area (Å²) in [6.07, 6.45) is 0. The predicted molar refractivity (Wildman–Crippen MR) is 54.5 cm³/mol. The minimum absolute atomic E-state index is 0.399. The molecule has 1 aromatic rings. The molecule has 0 unspecified atom stereocenters. The van der Waals surface area contributed by atoms with Crippen LogP contribution in [0, 0.1) is 0 Å². The fraction of sp³-hybridized carbons (Fsp3) is 0. The van der Waals surface area contributed by atoms with Crippen molar-refractivity contribution in [3.8, 4) is 0 Å². The quantitative estimate of drug-likeness (QED) is 0.700. The number of benzene rings is 1. The third kappa shape index (κ3) is 2.59. The number of hydrogen-bond acceptors (Lipinski definition) is 1. The monoisotopic (exact) mass is 221 g/mol. The zero-order chi connectivity index (χ0) is 9.14. The van der Waals surface area contributed by atoms with Crippen molar-refractivity contribution in [3.05, 3.63) is 28.2 Å². The van der Waals surface area contributed by atoms with Crippen LogP contribution in [0.25, 0.3) is 0 Å². The first-order valence-corrected chi connectivity index (χ1v) is 4.25. The summed E-state index contributed by atoms with van der Waals surface area (Å²) in [5, 5.41) is 2.87. The molecule has 0 spiro atoms. The number of carbonyl (C=O) groups is 1. The van der Waals surface area contributed by atoms with Crippen LogP contribution in [0.4, 0.5) is 10.5 Å². The molecule has 0 radical (unpaired) electrons. The maximum Gasteiger partial charge on any atom is 0.280 e. The summed E-state index contributed by atoms with van der Waals surface area (Å²) >= 11 is 14.9. The molecule has 1 amide bonds. The summed E-state index contributed by atoms with van der Waals surface area (Å²) in [5.41, 5.74) is 0.574. The topological polar surface area (TPSA) is 29.1 Å². The molecule has 1 aromatic carbocycles. The molecular weight excluding hydrogens is 217 g/mol. The number of thiol groups is 1. The van der Waals surface area contributed by atoms with Crippen molar-refractivity contribution in [2.24, 2.45) is 0 Å². The molecule has 0 aromatic heterocycles. The van der Waals surface area contributed by atoms with Gasteiger partial charge in [-0.2, -0.15) is 0 Å². The third-order valence-corrected chi connectivity index (χ3v) is 2.02. The molecule has 0 atom stereocenters. The lowest BCUT2D eigenvalue weighted by Gasteiger charge is -2.01. The van der Waals surface area contributed by atoms with E-state index >= 15 is 0 Å². The van der Waals surface area contributed by atoms with Gasteiger partial charge in [0.25, 0.3) is 5.24 Å². The minimum Gasteiger partial charge on any atom is -0.317 e. The number of halogens is 2. The van der Waals surface area contributed by atoms with Crippen molar-refractivity contribution in [2.75, 3.05) is 5.32 Å². The maximum absolute atomic E-state index is 10.5. The number of nitrogens with one attached hydrogen (secondary N) is 1. The summed E-state index contributed by atoms with van der Waals surface area (Å²) in [7, 11) is 0. The number of carbonyl (C=O) groups excluding carboxylic acids is 1. The van der Waals surface area contributed by atoms with Gasteiger partial charge in [0.2, 0.25) is 0 Å². The highest BCUT2D eigenvalue weighted by Crippen LogP contribution is 2.24. The molecule has 2 nitrogen and oxygen atoms in total. The van der Waals surface area contributed by atoms with Crippen LogP contribution in [0.15, 0.2) is 18.2 Å². The van der Waals surface area contributed by atoms with Crippen LogP contribution in [0.5, 0.6) is 0 Å². The molecule has 0 saturated carbocycles. The Kier molecular flexibility index (Phi) is 3.26. The van der Waals surface area contributed by atoms with Crippen LogP contribution in [0.1, 0.15) is 0 Å². The Balaban J connectivity index is 2.89. The Morgan fingerprint density at radius 1 is 1.33 bits per heavy atom. The highest BCUT2D eigenvalue weighted by atomic mass is 35.5. The first-order valence-electron chi connectivity index (χ1n) is 3.04. The Labute approximate surface area is 85.3 Å². The SMILES string of the molecule is O=C(S)Nc1ccc(Cl)c(Cl)c1. The summed E-state index contributed by atoms with van der Waals surface area (Å²) < 4.78 is 0. The van der Waals surface area contributed by atoms with Gasteiger partial charge in [0.05, 0.1) is 10.0 Å². The van der Waals surface area contributed by atoms with Crippen LogP contribution in [-0.2, 0) is 0 Å². The highest BCUT2D eigenvalue weighted by molar-refractivity contribution is 7.96. The van der Waals surface area contributed by atoms with Crippen LogP contribution in [0.3, 0.4) is 0 Å². The van der Waals surface area contributed by atoms with Gasteiger partial charge in [-0.25, -0.2) is 0 Å². The van der Waals surface area contributed by atoms with Gasteiger partial charge >= 0.3 is 0 Å². The van der Waals surface area contributed by atoms with E-state index in [0.29, 0.717) is 15.7 Å². The van der Waals surface area contributed by atoms with Gasteiger partial charge < -0.3 is 5.32 Å². The van der Waals surface area contributed by atoms with E-state index in [1.807, 2.05) is 0 Å². The van der Waals surface area contributed by atoms with Gasteiger partial charge in [0.1, 0.15) is 0 Å². The lowest BCUT2D eigenvalue weighted by atomic mass is 10.3. The van der Waals surface area contributed by atoms with Crippen molar-refractivity contribution in [1.29, 1.82) is 0 Å². The lowest BCUT2D eigenvalue weighted by Crippen LogP contribution is -2.00. The number of amides is 1. The molecular formula is C7H5Cl2NOS. The molecule has 64 valence electrons. The van der Waals surface area contributed by atoms with Crippen molar-refractivity contribution >= 4 is 46.8 Å². The van der Waals surface area contributed by atoms with E-state index in [4.69, 9.17) is 23.2 Å². The van der Waals surface area contributed by atoms with Crippen LogP contribution in [-0.4, -0.2) is 5.24 Å². The first kappa shape index (κ1) is 9.71. The molecule has 12 heavy (non-hydrogen) atoms. The summed E-state index contributed by atoms with van der Waals surface area (Å²) in [5.74, 6) is 0. The van der Waals surface area contributed by atoms with Gasteiger partial charge in [0, 0.05) is 5.69 Å². The van der Waals surface area contributed by atoms with E-state index in [-0.39, 0.29) is 0 Å². The van der Waals surface area contributed by atoms with Crippen LogP contribution in [0.2, 0.25) is 10.0 Å². The van der Waals surface area contributed by atoms with E-state index < -0.39 is 5.24 Å². The zero-order valence-electron chi connectivity index (χ0n) is 5.84. The van der Waals surface area contributed by atoms with Crippen molar-refractivity contribution in [3.63, 3.8) is 0 Å². The maximum atomic E-state index is 10.5. The number of anilines is 1. The van der Waals surface area contributed by atoms with Gasteiger partial charge in [-0.15, -0.1) is 0 Å². The lowest BCUT2D eigenvalue weighted by molar-refractivity contribution is 0.270. The standard InChI is InChI=1S/C7H5Cl2NOS/c8-5-2-1-4(3-6(5)9)10-7(11)12/h1-3H,(H2,10,11,12). The smallest absolute Gasteiger partial charge is 0.280 e. The van der Waals surface area contributed by atoms with Crippen molar-refractivity contribution in [2.45, 2.75) is 0 Å². The molecule has 1 rings (SSSR count). The molecule has 0 aliphatic carbocycles. The molecule has 0 aliphatic rings. The Bertz CT molecular complexity index is 316. The van der Waals surface area contributed by atoms with E-state index in [1.54, 1.807) is 18.2 Å². The normalized spacial score (nSPS) is 9.58. The average molecular weight is 222 g/mol.